The minimum Gasteiger partial charge on any atom is -0.381 e. The van der Waals surface area contributed by atoms with Gasteiger partial charge >= 0.3 is 12.1 Å². The van der Waals surface area contributed by atoms with Crippen LogP contribution in [0.25, 0.3) is 0 Å². The van der Waals surface area contributed by atoms with E-state index in [0.717, 1.165) is 0 Å². The fraction of sp³-hybridized carbons (Fsp3) is 0.529. The lowest BCUT2D eigenvalue weighted by Crippen LogP contribution is -2.54. The van der Waals surface area contributed by atoms with Crippen molar-refractivity contribution in [3.8, 4) is 0 Å². The van der Waals surface area contributed by atoms with Crippen molar-refractivity contribution in [3.05, 3.63) is 29.8 Å². The monoisotopic (exact) mass is 373 g/mol. The molecule has 1 aliphatic rings. The minimum atomic E-state index is -4.92. The zero-order valence-corrected chi connectivity index (χ0v) is 14.4. The van der Waals surface area contributed by atoms with Crippen LogP contribution in [0.1, 0.15) is 25.3 Å². The summed E-state index contributed by atoms with van der Waals surface area (Å²) in [4.78, 5) is 24.5. The summed E-state index contributed by atoms with van der Waals surface area (Å²) in [6, 6.07) is 6.34. The third-order valence-electron chi connectivity index (χ3n) is 4.31. The number of ether oxygens (including phenoxy) is 1. The normalized spacial score (nSPS) is 16.8. The van der Waals surface area contributed by atoms with Crippen molar-refractivity contribution in [1.29, 1.82) is 0 Å². The van der Waals surface area contributed by atoms with Gasteiger partial charge in [0.15, 0.2) is 0 Å². The van der Waals surface area contributed by atoms with Gasteiger partial charge in [0.05, 0.1) is 0 Å². The van der Waals surface area contributed by atoms with E-state index in [0.29, 0.717) is 42.2 Å². The van der Waals surface area contributed by atoms with Gasteiger partial charge in [-0.2, -0.15) is 13.2 Å². The molecule has 1 aromatic carbocycles. The van der Waals surface area contributed by atoms with Crippen LogP contribution >= 0.6 is 0 Å². The standard InChI is InChI=1S/C17H22F3N3O3/c1-2-23(15(25)17(18,19)20)11-12-4-3-5-13(10-12)22-14(24)16(21)6-8-26-9-7-16/h3-5,10H,2,6-9,11,21H2,1H3,(H,22,24). The van der Waals surface area contributed by atoms with E-state index in [1.807, 2.05) is 0 Å². The molecule has 1 aromatic rings. The molecule has 144 valence electrons. The van der Waals surface area contributed by atoms with Crippen molar-refractivity contribution < 1.29 is 27.5 Å². The number of hydrogen-bond donors (Lipinski definition) is 2. The van der Waals surface area contributed by atoms with Crippen molar-refractivity contribution in [3.63, 3.8) is 0 Å². The number of rotatable bonds is 5. The number of carbonyl (C=O) groups excluding carboxylic acids is 2. The summed E-state index contributed by atoms with van der Waals surface area (Å²) < 4.78 is 43.0. The second-order valence-electron chi connectivity index (χ2n) is 6.24. The topological polar surface area (TPSA) is 84.7 Å². The number of alkyl halides is 3. The predicted octanol–water partition coefficient (Wildman–Crippen LogP) is 2.04. The Hall–Kier alpha value is -2.13. The van der Waals surface area contributed by atoms with Gasteiger partial charge in [-0.25, -0.2) is 0 Å². The summed E-state index contributed by atoms with van der Waals surface area (Å²) in [6.07, 6.45) is -4.14. The van der Waals surface area contributed by atoms with Crippen LogP contribution in [0.15, 0.2) is 24.3 Å². The molecule has 1 aliphatic heterocycles. The lowest BCUT2D eigenvalue weighted by Gasteiger charge is -2.31. The molecule has 0 saturated carbocycles. The Labute approximate surface area is 149 Å². The number of hydrogen-bond acceptors (Lipinski definition) is 4. The number of anilines is 1. The summed E-state index contributed by atoms with van der Waals surface area (Å²) in [7, 11) is 0. The van der Waals surface area contributed by atoms with Crippen LogP contribution in [-0.2, 0) is 20.9 Å². The van der Waals surface area contributed by atoms with Gasteiger partial charge in [-0.1, -0.05) is 12.1 Å². The molecule has 0 bridgehead atoms. The number of benzene rings is 1. The quantitative estimate of drug-likeness (QED) is 0.827. The van der Waals surface area contributed by atoms with Crippen molar-refractivity contribution in [2.75, 3.05) is 25.1 Å². The van der Waals surface area contributed by atoms with E-state index in [1.165, 1.54) is 13.0 Å². The Kier molecular flexibility index (Phi) is 6.25. The summed E-state index contributed by atoms with van der Waals surface area (Å²) in [6.45, 7) is 1.98. The molecule has 6 nitrogen and oxygen atoms in total. The van der Waals surface area contributed by atoms with Crippen molar-refractivity contribution in [2.24, 2.45) is 5.73 Å². The molecule has 9 heteroatoms. The van der Waals surface area contributed by atoms with Crippen LogP contribution in [0.2, 0.25) is 0 Å². The number of nitrogens with zero attached hydrogens (tertiary/aromatic N) is 1. The van der Waals surface area contributed by atoms with Gasteiger partial charge in [0.2, 0.25) is 5.91 Å². The zero-order chi connectivity index (χ0) is 19.4. The number of carbonyl (C=O) groups is 2. The largest absolute Gasteiger partial charge is 0.471 e. The van der Waals surface area contributed by atoms with Gasteiger partial charge in [-0.3, -0.25) is 9.59 Å². The number of halogens is 3. The first-order valence-electron chi connectivity index (χ1n) is 8.29. The second kappa shape index (κ2) is 8.05. The molecule has 0 aliphatic carbocycles. The molecular formula is C17H22F3N3O3. The molecule has 26 heavy (non-hydrogen) atoms. The zero-order valence-electron chi connectivity index (χ0n) is 14.4. The van der Waals surface area contributed by atoms with Crippen LogP contribution in [0, 0.1) is 0 Å². The van der Waals surface area contributed by atoms with Gasteiger partial charge in [0.25, 0.3) is 0 Å². The Morgan fingerprint density at radius 2 is 1.96 bits per heavy atom. The van der Waals surface area contributed by atoms with E-state index in [9.17, 15) is 22.8 Å². The van der Waals surface area contributed by atoms with Gasteiger partial charge < -0.3 is 20.7 Å². The Morgan fingerprint density at radius 1 is 1.31 bits per heavy atom. The lowest BCUT2D eigenvalue weighted by molar-refractivity contribution is -0.185. The van der Waals surface area contributed by atoms with Crippen LogP contribution in [0.5, 0.6) is 0 Å². The van der Waals surface area contributed by atoms with Crippen molar-refractivity contribution in [2.45, 2.75) is 38.0 Å². The molecule has 1 fully saturated rings. The fourth-order valence-corrected chi connectivity index (χ4v) is 2.69. The van der Waals surface area contributed by atoms with Gasteiger partial charge in [-0.05, 0) is 37.5 Å². The maximum Gasteiger partial charge on any atom is 0.471 e. The van der Waals surface area contributed by atoms with Crippen molar-refractivity contribution in [1.82, 2.24) is 4.90 Å². The first-order valence-corrected chi connectivity index (χ1v) is 8.29. The fourth-order valence-electron chi connectivity index (χ4n) is 2.69. The number of amides is 2. The minimum absolute atomic E-state index is 0.0825. The maximum atomic E-state index is 12.6. The van der Waals surface area contributed by atoms with E-state index in [4.69, 9.17) is 10.5 Å². The molecule has 3 N–H and O–H groups in total. The van der Waals surface area contributed by atoms with Crippen molar-refractivity contribution >= 4 is 17.5 Å². The predicted molar refractivity (Wildman–Crippen MR) is 89.2 cm³/mol. The van der Waals surface area contributed by atoms with Gasteiger partial charge in [0, 0.05) is 32.0 Å². The third kappa shape index (κ3) is 4.95. The number of nitrogens with two attached hydrogens (primary N) is 1. The van der Waals surface area contributed by atoms with Crippen LogP contribution in [0.3, 0.4) is 0 Å². The first kappa shape index (κ1) is 20.2. The van der Waals surface area contributed by atoms with E-state index in [2.05, 4.69) is 5.32 Å². The first-order chi connectivity index (χ1) is 12.2. The van der Waals surface area contributed by atoms with Gasteiger partial charge in [0.1, 0.15) is 5.54 Å². The van der Waals surface area contributed by atoms with E-state index in [1.54, 1.807) is 18.2 Å². The van der Waals surface area contributed by atoms with Crippen LogP contribution in [-0.4, -0.2) is 48.2 Å². The Balaban J connectivity index is 2.07. The average molecular weight is 373 g/mol. The van der Waals surface area contributed by atoms with E-state index < -0.39 is 17.6 Å². The van der Waals surface area contributed by atoms with Gasteiger partial charge in [-0.15, -0.1) is 0 Å². The van der Waals surface area contributed by atoms with Crippen LogP contribution < -0.4 is 11.1 Å². The highest BCUT2D eigenvalue weighted by Crippen LogP contribution is 2.23. The highest BCUT2D eigenvalue weighted by Gasteiger charge is 2.42. The molecular weight excluding hydrogens is 351 g/mol. The lowest BCUT2D eigenvalue weighted by atomic mass is 9.90. The van der Waals surface area contributed by atoms with E-state index in [-0.39, 0.29) is 19.0 Å². The molecule has 0 spiro atoms. The summed E-state index contributed by atoms with van der Waals surface area (Å²) in [5, 5.41) is 2.70. The average Bonchev–Trinajstić information content (AvgIpc) is 2.59. The smallest absolute Gasteiger partial charge is 0.381 e. The van der Waals surface area contributed by atoms with Crippen LogP contribution in [0.4, 0.5) is 18.9 Å². The SMILES string of the molecule is CCN(Cc1cccc(NC(=O)C2(N)CCOCC2)c1)C(=O)C(F)(F)F. The molecule has 1 heterocycles. The molecule has 1 saturated heterocycles. The highest BCUT2D eigenvalue weighted by molar-refractivity contribution is 5.98. The molecule has 0 radical (unpaired) electrons. The highest BCUT2D eigenvalue weighted by atomic mass is 19.4. The Morgan fingerprint density at radius 3 is 2.54 bits per heavy atom. The maximum absolute atomic E-state index is 12.6. The Bertz CT molecular complexity index is 658. The number of nitrogens with one attached hydrogen (secondary N) is 1. The molecule has 0 unspecified atom stereocenters. The summed E-state index contributed by atoms with van der Waals surface area (Å²) in [5.41, 5.74) is 5.97. The molecule has 2 amide bonds. The summed E-state index contributed by atoms with van der Waals surface area (Å²) >= 11 is 0. The molecule has 0 aromatic heterocycles. The molecule has 0 atom stereocenters. The van der Waals surface area contributed by atoms with E-state index >= 15 is 0 Å². The third-order valence-corrected chi connectivity index (χ3v) is 4.31. The molecule has 2 rings (SSSR count). The second-order valence-corrected chi connectivity index (χ2v) is 6.24. The summed E-state index contributed by atoms with van der Waals surface area (Å²) in [5.74, 6) is -2.26.